The normalized spacial score (nSPS) is 31.7. The summed E-state index contributed by atoms with van der Waals surface area (Å²) in [4.78, 5) is 5.01. The van der Waals surface area contributed by atoms with Crippen LogP contribution in [-0.4, -0.2) is 22.5 Å². The third-order valence-corrected chi connectivity index (χ3v) is 5.59. The number of hydrogen-bond acceptors (Lipinski definition) is 2. The Morgan fingerprint density at radius 1 is 1.35 bits per heavy atom. The van der Waals surface area contributed by atoms with Crippen LogP contribution in [0.3, 0.4) is 0 Å². The molecule has 2 unspecified atom stereocenters. The molecule has 1 heterocycles. The van der Waals surface area contributed by atoms with Crippen molar-refractivity contribution in [3.63, 3.8) is 0 Å². The lowest BCUT2D eigenvalue weighted by molar-refractivity contribution is 0.388. The van der Waals surface area contributed by atoms with Crippen molar-refractivity contribution in [1.82, 2.24) is 5.32 Å². The van der Waals surface area contributed by atoms with Crippen LogP contribution in [0.25, 0.3) is 0 Å². The molecule has 0 spiro atoms. The van der Waals surface area contributed by atoms with Crippen LogP contribution in [0.1, 0.15) is 44.2 Å². The predicted octanol–water partition coefficient (Wildman–Crippen LogP) is 3.80. The summed E-state index contributed by atoms with van der Waals surface area (Å²) >= 11 is 1.89. The maximum atomic E-state index is 5.01. The van der Waals surface area contributed by atoms with Crippen molar-refractivity contribution in [2.24, 2.45) is 4.99 Å². The lowest BCUT2D eigenvalue weighted by Gasteiger charge is -2.36. The van der Waals surface area contributed by atoms with Crippen molar-refractivity contribution >= 4 is 16.9 Å². The Labute approximate surface area is 126 Å². The molecule has 20 heavy (non-hydrogen) atoms. The van der Waals surface area contributed by atoms with Gasteiger partial charge in [-0.1, -0.05) is 43.0 Å². The van der Waals surface area contributed by atoms with E-state index in [1.165, 1.54) is 47.7 Å². The molecule has 0 aromatic heterocycles. The molecule has 0 saturated carbocycles. The summed E-state index contributed by atoms with van der Waals surface area (Å²) in [6.45, 7) is 4.58. The van der Waals surface area contributed by atoms with E-state index < -0.39 is 0 Å². The second-order valence-corrected chi connectivity index (χ2v) is 7.32. The smallest absolute Gasteiger partial charge is 0.157 e. The van der Waals surface area contributed by atoms with Gasteiger partial charge in [0.25, 0.3) is 0 Å². The average molecular weight is 288 g/mol. The van der Waals surface area contributed by atoms with Crippen LogP contribution < -0.4 is 5.32 Å². The summed E-state index contributed by atoms with van der Waals surface area (Å²) in [7, 11) is 0. The van der Waals surface area contributed by atoms with Gasteiger partial charge in [-0.3, -0.25) is 4.99 Å². The first kappa shape index (κ1) is 14.0. The molecule has 1 aromatic carbocycles. The minimum Gasteiger partial charge on any atom is -0.360 e. The molecular weight excluding hydrogens is 264 g/mol. The number of aryl methyl sites for hydroxylation is 1. The van der Waals surface area contributed by atoms with Crippen molar-refractivity contribution in [1.29, 1.82) is 0 Å². The van der Waals surface area contributed by atoms with Crippen LogP contribution in [0.5, 0.6) is 0 Å². The van der Waals surface area contributed by atoms with Gasteiger partial charge in [0, 0.05) is 11.3 Å². The highest BCUT2D eigenvalue weighted by Crippen LogP contribution is 2.27. The molecule has 1 saturated heterocycles. The van der Waals surface area contributed by atoms with E-state index in [9.17, 15) is 0 Å². The largest absolute Gasteiger partial charge is 0.360 e. The molecule has 2 aliphatic rings. The van der Waals surface area contributed by atoms with Crippen molar-refractivity contribution in [3.05, 3.63) is 35.4 Å². The van der Waals surface area contributed by atoms with Crippen molar-refractivity contribution in [3.8, 4) is 0 Å². The fourth-order valence-corrected chi connectivity index (χ4v) is 4.31. The van der Waals surface area contributed by atoms with Gasteiger partial charge in [0.05, 0.1) is 6.04 Å². The molecule has 1 fully saturated rings. The minimum absolute atomic E-state index is 0.247. The average Bonchev–Trinajstić information content (AvgIpc) is 2.47. The van der Waals surface area contributed by atoms with Gasteiger partial charge in [-0.05, 0) is 50.2 Å². The zero-order valence-electron chi connectivity index (χ0n) is 12.5. The topological polar surface area (TPSA) is 24.4 Å². The monoisotopic (exact) mass is 288 g/mol. The standard InChI is InChI=1S/C17H24N2S/c1-3-17(2)10-11-20-16(19-17)18-15-9-8-13-6-4-5-7-14(13)12-15/h4-7,15H,3,8-12H2,1-2H3,(H,18,19). The Bertz CT molecular complexity index is 511. The molecule has 3 rings (SSSR count). The van der Waals surface area contributed by atoms with Crippen LogP contribution >= 0.6 is 11.8 Å². The van der Waals surface area contributed by atoms with Gasteiger partial charge in [-0.2, -0.15) is 0 Å². The summed E-state index contributed by atoms with van der Waals surface area (Å²) in [6, 6.07) is 9.28. The Morgan fingerprint density at radius 3 is 2.95 bits per heavy atom. The van der Waals surface area contributed by atoms with Gasteiger partial charge in [0.1, 0.15) is 0 Å². The molecule has 1 aliphatic heterocycles. The predicted molar refractivity (Wildman–Crippen MR) is 88.6 cm³/mol. The summed E-state index contributed by atoms with van der Waals surface area (Å²) in [5, 5.41) is 4.84. The highest BCUT2D eigenvalue weighted by Gasteiger charge is 2.28. The Balaban J connectivity index is 1.71. The van der Waals surface area contributed by atoms with Crippen molar-refractivity contribution < 1.29 is 0 Å². The van der Waals surface area contributed by atoms with Gasteiger partial charge >= 0.3 is 0 Å². The summed E-state index contributed by atoms with van der Waals surface area (Å²) in [6.07, 6.45) is 5.87. The van der Waals surface area contributed by atoms with Gasteiger partial charge in [-0.15, -0.1) is 0 Å². The highest BCUT2D eigenvalue weighted by atomic mass is 32.2. The zero-order chi connectivity index (χ0) is 14.0. The lowest BCUT2D eigenvalue weighted by atomic mass is 9.89. The first-order valence-corrected chi connectivity index (χ1v) is 8.73. The number of hydrogen-bond donors (Lipinski definition) is 1. The van der Waals surface area contributed by atoms with Crippen molar-refractivity contribution in [2.75, 3.05) is 5.75 Å². The number of rotatable bonds is 2. The highest BCUT2D eigenvalue weighted by molar-refractivity contribution is 8.13. The van der Waals surface area contributed by atoms with Gasteiger partial charge in [0.2, 0.25) is 0 Å². The van der Waals surface area contributed by atoms with E-state index in [2.05, 4.69) is 43.4 Å². The molecule has 1 aromatic rings. The SMILES string of the molecule is CCC1(C)CCSC(=NC2CCc3ccccc3C2)N1. The Hall–Kier alpha value is -0.960. The first-order valence-electron chi connectivity index (χ1n) is 7.74. The summed E-state index contributed by atoms with van der Waals surface area (Å²) in [5.41, 5.74) is 3.26. The third kappa shape index (κ3) is 3.03. The fraction of sp³-hybridized carbons (Fsp3) is 0.588. The maximum Gasteiger partial charge on any atom is 0.157 e. The van der Waals surface area contributed by atoms with E-state index in [-0.39, 0.29) is 5.54 Å². The number of nitrogens with zero attached hydrogens (tertiary/aromatic N) is 1. The van der Waals surface area contributed by atoms with Gasteiger partial charge in [-0.25, -0.2) is 0 Å². The molecule has 1 aliphatic carbocycles. The summed E-state index contributed by atoms with van der Waals surface area (Å²) in [5.74, 6) is 1.19. The molecule has 3 heteroatoms. The van der Waals surface area contributed by atoms with E-state index in [1.54, 1.807) is 0 Å². The fourth-order valence-electron chi connectivity index (χ4n) is 3.02. The van der Waals surface area contributed by atoms with Crippen molar-refractivity contribution in [2.45, 2.75) is 57.5 Å². The second kappa shape index (κ2) is 5.80. The Morgan fingerprint density at radius 2 is 2.15 bits per heavy atom. The van der Waals surface area contributed by atoms with Gasteiger partial charge in [0.15, 0.2) is 5.17 Å². The van der Waals surface area contributed by atoms with Crippen LogP contribution in [0.4, 0.5) is 0 Å². The van der Waals surface area contributed by atoms with Gasteiger partial charge < -0.3 is 5.32 Å². The third-order valence-electron chi connectivity index (χ3n) is 4.70. The van der Waals surface area contributed by atoms with Crippen LogP contribution in [0.2, 0.25) is 0 Å². The summed E-state index contributed by atoms with van der Waals surface area (Å²) < 4.78 is 0. The number of benzene rings is 1. The second-order valence-electron chi connectivity index (χ2n) is 6.24. The quantitative estimate of drug-likeness (QED) is 0.895. The molecule has 0 bridgehead atoms. The number of amidine groups is 1. The van der Waals surface area contributed by atoms with E-state index in [0.29, 0.717) is 6.04 Å². The molecule has 2 atom stereocenters. The molecule has 0 amide bonds. The minimum atomic E-state index is 0.247. The number of aliphatic imine (C=N–C) groups is 1. The van der Waals surface area contributed by atoms with Crippen LogP contribution in [0.15, 0.2) is 29.3 Å². The zero-order valence-corrected chi connectivity index (χ0v) is 13.3. The molecule has 108 valence electrons. The first-order chi connectivity index (χ1) is 9.68. The van der Waals surface area contributed by atoms with Crippen LogP contribution in [0, 0.1) is 0 Å². The number of thioether (sulfide) groups is 1. The van der Waals surface area contributed by atoms with E-state index in [0.717, 1.165) is 6.42 Å². The van der Waals surface area contributed by atoms with Crippen LogP contribution in [-0.2, 0) is 12.8 Å². The number of nitrogens with one attached hydrogen (secondary N) is 1. The Kier molecular flexibility index (Phi) is 4.06. The molecule has 0 radical (unpaired) electrons. The van der Waals surface area contributed by atoms with E-state index in [4.69, 9.17) is 4.99 Å². The molecule has 1 N–H and O–H groups in total. The molecule has 2 nitrogen and oxygen atoms in total. The lowest BCUT2D eigenvalue weighted by Crippen LogP contribution is -2.48. The molecular formula is C17H24N2S. The van der Waals surface area contributed by atoms with E-state index >= 15 is 0 Å². The number of fused-ring (bicyclic) bond motifs is 1. The van der Waals surface area contributed by atoms with E-state index in [1.807, 2.05) is 11.8 Å². The maximum absolute atomic E-state index is 5.01.